The molecular weight excluding hydrogens is 437 g/mol. The fraction of sp³-hybridized carbons (Fsp3) is 0.182. The number of amides is 1. The predicted molar refractivity (Wildman–Crippen MR) is 120 cm³/mol. The van der Waals surface area contributed by atoms with Crippen LogP contribution in [0.5, 0.6) is 0 Å². The van der Waals surface area contributed by atoms with E-state index < -0.39 is 0 Å². The van der Waals surface area contributed by atoms with Crippen LogP contribution in [0, 0.1) is 20.8 Å². The largest absolute Gasteiger partial charge is 0.441 e. The third-order valence-corrected chi connectivity index (χ3v) is 5.42. The molecule has 2 heterocycles. The summed E-state index contributed by atoms with van der Waals surface area (Å²) in [5, 5.41) is 12.1. The summed E-state index contributed by atoms with van der Waals surface area (Å²) in [5.74, 6) is 0.777. The molecule has 0 saturated carbocycles. The van der Waals surface area contributed by atoms with Crippen molar-refractivity contribution in [2.24, 2.45) is 0 Å². The lowest BCUT2D eigenvalue weighted by Gasteiger charge is -2.07. The van der Waals surface area contributed by atoms with Crippen LogP contribution in [0.2, 0.25) is 10.0 Å². The van der Waals surface area contributed by atoms with Crippen LogP contribution >= 0.6 is 23.2 Å². The minimum Gasteiger partial charge on any atom is -0.441 e. The second-order valence-corrected chi connectivity index (χ2v) is 7.99. The van der Waals surface area contributed by atoms with Gasteiger partial charge in [-0.1, -0.05) is 34.5 Å². The standard InChI is InChI=1S/C22H19Cl2N5O2/c1-12-4-9-18(17(24)10-12)25-21(30)20-13(2)29(28-27-20)11-19-14(3)31-22(26-19)15-5-7-16(23)8-6-15/h4-10H,11H2,1-3H3,(H,25,30). The zero-order valence-corrected chi connectivity index (χ0v) is 18.6. The zero-order chi connectivity index (χ0) is 22.1. The molecule has 2 aromatic carbocycles. The number of oxazole rings is 1. The van der Waals surface area contributed by atoms with Crippen LogP contribution in [0.25, 0.3) is 11.5 Å². The maximum atomic E-state index is 12.7. The molecule has 7 nitrogen and oxygen atoms in total. The second-order valence-electron chi connectivity index (χ2n) is 7.15. The van der Waals surface area contributed by atoms with Gasteiger partial charge in [0.05, 0.1) is 22.9 Å². The van der Waals surface area contributed by atoms with E-state index in [9.17, 15) is 4.79 Å². The molecule has 0 fully saturated rings. The predicted octanol–water partition coefficient (Wildman–Crippen LogP) is 5.47. The number of aryl methyl sites for hydroxylation is 2. The van der Waals surface area contributed by atoms with E-state index in [1.54, 1.807) is 35.9 Å². The van der Waals surface area contributed by atoms with Crippen LogP contribution in [-0.4, -0.2) is 25.9 Å². The first-order valence-electron chi connectivity index (χ1n) is 9.51. The normalized spacial score (nSPS) is 11.0. The molecule has 158 valence electrons. The van der Waals surface area contributed by atoms with Crippen molar-refractivity contribution in [3.05, 3.63) is 80.9 Å². The fourth-order valence-corrected chi connectivity index (χ4v) is 3.46. The van der Waals surface area contributed by atoms with Crippen LogP contribution in [-0.2, 0) is 6.54 Å². The first-order valence-corrected chi connectivity index (χ1v) is 10.3. The number of rotatable bonds is 5. The molecule has 0 aliphatic carbocycles. The first kappa shape index (κ1) is 21.1. The molecule has 1 amide bonds. The van der Waals surface area contributed by atoms with E-state index in [-0.39, 0.29) is 11.6 Å². The van der Waals surface area contributed by atoms with Crippen molar-refractivity contribution in [3.8, 4) is 11.5 Å². The average molecular weight is 456 g/mol. The van der Waals surface area contributed by atoms with E-state index in [4.69, 9.17) is 27.6 Å². The summed E-state index contributed by atoms with van der Waals surface area (Å²) in [5.41, 5.74) is 3.87. The highest BCUT2D eigenvalue weighted by molar-refractivity contribution is 6.34. The Morgan fingerprint density at radius 3 is 2.55 bits per heavy atom. The highest BCUT2D eigenvalue weighted by Crippen LogP contribution is 2.25. The number of nitrogens with one attached hydrogen (secondary N) is 1. The number of carbonyl (C=O) groups excluding carboxylic acids is 1. The van der Waals surface area contributed by atoms with Crippen molar-refractivity contribution in [1.29, 1.82) is 0 Å². The second kappa shape index (κ2) is 8.53. The van der Waals surface area contributed by atoms with E-state index >= 15 is 0 Å². The van der Waals surface area contributed by atoms with Crippen molar-refractivity contribution in [3.63, 3.8) is 0 Å². The van der Waals surface area contributed by atoms with Crippen LogP contribution < -0.4 is 5.32 Å². The fourth-order valence-electron chi connectivity index (χ4n) is 3.06. The van der Waals surface area contributed by atoms with Crippen LogP contribution in [0.3, 0.4) is 0 Å². The van der Waals surface area contributed by atoms with E-state index in [2.05, 4.69) is 20.6 Å². The minimum atomic E-state index is -0.381. The number of benzene rings is 2. The van der Waals surface area contributed by atoms with Gasteiger partial charge in [0.25, 0.3) is 5.91 Å². The lowest BCUT2D eigenvalue weighted by molar-refractivity contribution is 0.102. The number of aromatic nitrogens is 4. The van der Waals surface area contributed by atoms with Gasteiger partial charge in [-0.2, -0.15) is 0 Å². The summed E-state index contributed by atoms with van der Waals surface area (Å²) in [4.78, 5) is 17.3. The maximum absolute atomic E-state index is 12.7. The highest BCUT2D eigenvalue weighted by Gasteiger charge is 2.20. The van der Waals surface area contributed by atoms with Gasteiger partial charge in [-0.25, -0.2) is 9.67 Å². The van der Waals surface area contributed by atoms with E-state index in [0.717, 1.165) is 11.1 Å². The van der Waals surface area contributed by atoms with Gasteiger partial charge >= 0.3 is 0 Å². The molecule has 0 atom stereocenters. The quantitative estimate of drug-likeness (QED) is 0.431. The Bertz CT molecular complexity index is 1260. The molecule has 0 spiro atoms. The zero-order valence-electron chi connectivity index (χ0n) is 17.1. The van der Waals surface area contributed by atoms with Gasteiger partial charge in [0.2, 0.25) is 5.89 Å². The maximum Gasteiger partial charge on any atom is 0.278 e. The highest BCUT2D eigenvalue weighted by atomic mass is 35.5. The van der Waals surface area contributed by atoms with E-state index in [1.165, 1.54) is 0 Å². The molecule has 0 saturated heterocycles. The van der Waals surface area contributed by atoms with Crippen molar-refractivity contribution in [1.82, 2.24) is 20.0 Å². The minimum absolute atomic E-state index is 0.218. The topological polar surface area (TPSA) is 85.8 Å². The van der Waals surface area contributed by atoms with Crippen molar-refractivity contribution < 1.29 is 9.21 Å². The molecule has 0 unspecified atom stereocenters. The van der Waals surface area contributed by atoms with Crippen molar-refractivity contribution in [2.75, 3.05) is 5.32 Å². The Labute approximate surface area is 189 Å². The molecule has 2 aromatic heterocycles. The Kier molecular flexibility index (Phi) is 5.80. The third kappa shape index (κ3) is 4.47. The van der Waals surface area contributed by atoms with Crippen molar-refractivity contribution in [2.45, 2.75) is 27.3 Å². The summed E-state index contributed by atoms with van der Waals surface area (Å²) in [6.07, 6.45) is 0. The molecular formula is C22H19Cl2N5O2. The van der Waals surface area contributed by atoms with Gasteiger partial charge in [0.1, 0.15) is 11.5 Å². The number of hydrogen-bond donors (Lipinski definition) is 1. The van der Waals surface area contributed by atoms with Crippen LogP contribution in [0.4, 0.5) is 5.69 Å². The smallest absolute Gasteiger partial charge is 0.278 e. The third-order valence-electron chi connectivity index (χ3n) is 4.85. The van der Waals surface area contributed by atoms with Gasteiger partial charge in [-0.15, -0.1) is 5.10 Å². The van der Waals surface area contributed by atoms with Crippen LogP contribution in [0.15, 0.2) is 46.9 Å². The lowest BCUT2D eigenvalue weighted by atomic mass is 10.2. The van der Waals surface area contributed by atoms with Gasteiger partial charge in [0.15, 0.2) is 5.69 Å². The molecule has 4 aromatic rings. The van der Waals surface area contributed by atoms with Gasteiger partial charge < -0.3 is 9.73 Å². The number of halogens is 2. The number of hydrogen-bond acceptors (Lipinski definition) is 5. The Balaban J connectivity index is 1.53. The Hall–Kier alpha value is -3.16. The average Bonchev–Trinajstić information content (AvgIpc) is 3.28. The van der Waals surface area contributed by atoms with Gasteiger partial charge in [0, 0.05) is 10.6 Å². The summed E-state index contributed by atoms with van der Waals surface area (Å²) in [7, 11) is 0. The molecule has 0 bridgehead atoms. The summed E-state index contributed by atoms with van der Waals surface area (Å²) >= 11 is 12.2. The number of nitrogens with zero attached hydrogens (tertiary/aromatic N) is 4. The lowest BCUT2D eigenvalue weighted by Crippen LogP contribution is -2.15. The molecule has 4 rings (SSSR count). The van der Waals surface area contributed by atoms with E-state index in [1.807, 2.05) is 32.0 Å². The number of anilines is 1. The van der Waals surface area contributed by atoms with Gasteiger partial charge in [-0.3, -0.25) is 4.79 Å². The molecule has 31 heavy (non-hydrogen) atoms. The molecule has 0 aliphatic rings. The Morgan fingerprint density at radius 2 is 1.84 bits per heavy atom. The molecule has 0 radical (unpaired) electrons. The number of carbonyl (C=O) groups is 1. The molecule has 0 aliphatic heterocycles. The SMILES string of the molecule is Cc1ccc(NC(=O)c2nnn(Cc3nc(-c4ccc(Cl)cc4)oc3C)c2C)c(Cl)c1. The summed E-state index contributed by atoms with van der Waals surface area (Å²) < 4.78 is 7.41. The summed E-state index contributed by atoms with van der Waals surface area (Å²) in [6.45, 7) is 5.86. The Morgan fingerprint density at radius 1 is 1.10 bits per heavy atom. The van der Waals surface area contributed by atoms with Gasteiger partial charge in [-0.05, 0) is 62.7 Å². The van der Waals surface area contributed by atoms with Crippen LogP contribution in [0.1, 0.15) is 33.2 Å². The first-order chi connectivity index (χ1) is 14.8. The van der Waals surface area contributed by atoms with E-state index in [0.29, 0.717) is 45.3 Å². The van der Waals surface area contributed by atoms with Crippen molar-refractivity contribution >= 4 is 34.8 Å². The summed E-state index contributed by atoms with van der Waals surface area (Å²) in [6, 6.07) is 12.7. The molecule has 1 N–H and O–H groups in total. The monoisotopic (exact) mass is 455 g/mol. The molecule has 9 heteroatoms.